The molecule has 0 aliphatic heterocycles. The van der Waals surface area contributed by atoms with Crippen LogP contribution in [-0.2, 0) is 16.1 Å². The predicted molar refractivity (Wildman–Crippen MR) is 126 cm³/mol. The molecule has 0 aliphatic carbocycles. The van der Waals surface area contributed by atoms with E-state index >= 15 is 0 Å². The zero-order valence-corrected chi connectivity index (χ0v) is 20.0. The minimum absolute atomic E-state index is 0.165. The number of amides is 2. The summed E-state index contributed by atoms with van der Waals surface area (Å²) in [4.78, 5) is 27.5. The third-order valence-corrected chi connectivity index (χ3v) is 5.85. The Labute approximate surface area is 194 Å². The highest BCUT2D eigenvalue weighted by Gasteiger charge is 2.29. The Kier molecular flexibility index (Phi) is 9.66. The number of rotatable bonds is 10. The summed E-state index contributed by atoms with van der Waals surface area (Å²) in [5, 5.41) is 3.73. The third-order valence-electron chi connectivity index (χ3n) is 5.11. The first kappa shape index (κ1) is 25.0. The molecule has 0 radical (unpaired) electrons. The Morgan fingerprint density at radius 2 is 1.77 bits per heavy atom. The van der Waals surface area contributed by atoms with E-state index in [1.165, 1.54) is 0 Å². The first-order chi connectivity index (χ1) is 14.8. The summed E-state index contributed by atoms with van der Waals surface area (Å²) in [6.07, 6.45) is 1.30. The Bertz CT molecular complexity index is 918. The first-order valence-electron chi connectivity index (χ1n) is 10.5. The number of hydrogen-bond donors (Lipinski definition) is 1. The van der Waals surface area contributed by atoms with Gasteiger partial charge in [0.1, 0.15) is 11.8 Å². The van der Waals surface area contributed by atoms with Gasteiger partial charge in [-0.1, -0.05) is 49.2 Å². The molecule has 2 aromatic rings. The van der Waals surface area contributed by atoms with Gasteiger partial charge in [0.25, 0.3) is 5.91 Å². The van der Waals surface area contributed by atoms with Crippen molar-refractivity contribution in [3.63, 3.8) is 0 Å². The molecule has 168 valence electrons. The molecule has 0 saturated heterocycles. The number of carbonyl (C=O) groups excluding carboxylic acids is 2. The van der Waals surface area contributed by atoms with E-state index in [0.29, 0.717) is 28.8 Å². The summed E-state index contributed by atoms with van der Waals surface area (Å²) in [5.74, 6) is 0.168. The van der Waals surface area contributed by atoms with E-state index in [9.17, 15) is 9.59 Å². The molecule has 31 heavy (non-hydrogen) atoms. The van der Waals surface area contributed by atoms with Crippen LogP contribution in [0.25, 0.3) is 0 Å². The molecule has 0 heterocycles. The maximum Gasteiger partial charge on any atom is 0.261 e. The lowest BCUT2D eigenvalue weighted by Gasteiger charge is -2.30. The van der Waals surface area contributed by atoms with Crippen molar-refractivity contribution in [2.45, 2.75) is 53.1 Å². The van der Waals surface area contributed by atoms with Crippen LogP contribution in [0.15, 0.2) is 36.4 Å². The van der Waals surface area contributed by atoms with Gasteiger partial charge < -0.3 is 15.0 Å². The maximum absolute atomic E-state index is 13.2. The minimum atomic E-state index is -0.614. The molecule has 0 fully saturated rings. The van der Waals surface area contributed by atoms with Crippen molar-refractivity contribution < 1.29 is 14.3 Å². The van der Waals surface area contributed by atoms with E-state index < -0.39 is 6.04 Å². The minimum Gasteiger partial charge on any atom is -0.484 e. The normalized spacial score (nSPS) is 11.7. The Morgan fingerprint density at radius 1 is 1.03 bits per heavy atom. The van der Waals surface area contributed by atoms with Crippen molar-refractivity contribution in [2.24, 2.45) is 0 Å². The maximum atomic E-state index is 13.2. The van der Waals surface area contributed by atoms with Crippen molar-refractivity contribution in [1.29, 1.82) is 0 Å². The topological polar surface area (TPSA) is 58.6 Å². The van der Waals surface area contributed by atoms with Crippen LogP contribution in [0.1, 0.15) is 43.4 Å². The summed E-state index contributed by atoms with van der Waals surface area (Å²) in [6.45, 7) is 8.50. The first-order valence-corrected chi connectivity index (χ1v) is 11.2. The highest BCUT2D eigenvalue weighted by atomic mass is 35.5. The number of aryl methyl sites for hydroxylation is 2. The van der Waals surface area contributed by atoms with Gasteiger partial charge in [0, 0.05) is 13.1 Å². The number of nitrogens with zero attached hydrogens (tertiary/aromatic N) is 1. The standard InChI is InChI=1S/C24H30Cl2N2O3/c1-5-11-27-24(30)22(6-2)28(14-18-8-10-20(25)21(26)13-18)23(29)15-31-19-9-7-16(3)17(4)12-19/h7-10,12-13,22H,5-6,11,14-15H2,1-4H3,(H,27,30)/t22-/m0/s1. The van der Waals surface area contributed by atoms with Crippen LogP contribution in [0.3, 0.4) is 0 Å². The number of nitrogens with one attached hydrogen (secondary N) is 1. The van der Waals surface area contributed by atoms with Gasteiger partial charge in [0.2, 0.25) is 5.91 Å². The number of hydrogen-bond acceptors (Lipinski definition) is 3. The van der Waals surface area contributed by atoms with E-state index in [0.717, 1.165) is 23.1 Å². The Balaban J connectivity index is 2.23. The van der Waals surface area contributed by atoms with E-state index in [1.54, 1.807) is 23.1 Å². The van der Waals surface area contributed by atoms with Gasteiger partial charge in [0.15, 0.2) is 6.61 Å². The van der Waals surface area contributed by atoms with E-state index in [-0.39, 0.29) is 25.0 Å². The predicted octanol–water partition coefficient (Wildman–Crippen LogP) is 5.32. The second-order valence-electron chi connectivity index (χ2n) is 7.52. The summed E-state index contributed by atoms with van der Waals surface area (Å²) < 4.78 is 5.75. The zero-order chi connectivity index (χ0) is 23.0. The summed E-state index contributed by atoms with van der Waals surface area (Å²) in [5.41, 5.74) is 3.03. The molecule has 0 unspecified atom stereocenters. The molecule has 7 heteroatoms. The third kappa shape index (κ3) is 7.15. The fourth-order valence-electron chi connectivity index (χ4n) is 3.15. The van der Waals surface area contributed by atoms with Crippen LogP contribution in [0.4, 0.5) is 0 Å². The van der Waals surface area contributed by atoms with Gasteiger partial charge in [-0.3, -0.25) is 9.59 Å². The van der Waals surface area contributed by atoms with E-state index in [2.05, 4.69) is 5.32 Å². The molecule has 0 spiro atoms. The molecule has 2 aromatic carbocycles. The smallest absolute Gasteiger partial charge is 0.261 e. The molecule has 1 atom stereocenters. The van der Waals surface area contributed by atoms with Gasteiger partial charge in [-0.15, -0.1) is 0 Å². The Hall–Kier alpha value is -2.24. The van der Waals surface area contributed by atoms with Crippen molar-refractivity contribution in [3.8, 4) is 5.75 Å². The quantitative estimate of drug-likeness (QED) is 0.517. The van der Waals surface area contributed by atoms with Crippen molar-refractivity contribution >= 4 is 35.0 Å². The lowest BCUT2D eigenvalue weighted by atomic mass is 10.1. The summed E-state index contributed by atoms with van der Waals surface area (Å²) >= 11 is 12.2. The van der Waals surface area contributed by atoms with Crippen LogP contribution >= 0.6 is 23.2 Å². The number of halogens is 2. The Morgan fingerprint density at radius 3 is 2.39 bits per heavy atom. The lowest BCUT2D eigenvalue weighted by molar-refractivity contribution is -0.143. The van der Waals surface area contributed by atoms with Crippen LogP contribution < -0.4 is 10.1 Å². The molecule has 1 N–H and O–H groups in total. The largest absolute Gasteiger partial charge is 0.484 e. The van der Waals surface area contributed by atoms with Crippen LogP contribution in [0.5, 0.6) is 5.75 Å². The van der Waals surface area contributed by atoms with E-state index in [1.807, 2.05) is 45.9 Å². The van der Waals surface area contributed by atoms with Crippen LogP contribution in [-0.4, -0.2) is 35.9 Å². The number of carbonyl (C=O) groups is 2. The number of benzene rings is 2. The highest BCUT2D eigenvalue weighted by Crippen LogP contribution is 2.24. The fourth-order valence-corrected chi connectivity index (χ4v) is 3.47. The molecule has 0 bridgehead atoms. The average Bonchev–Trinajstić information content (AvgIpc) is 2.75. The van der Waals surface area contributed by atoms with Crippen LogP contribution in [0, 0.1) is 13.8 Å². The van der Waals surface area contributed by atoms with E-state index in [4.69, 9.17) is 27.9 Å². The second kappa shape index (κ2) is 12.0. The fraction of sp³-hybridized carbons (Fsp3) is 0.417. The molecule has 0 aromatic heterocycles. The molecular formula is C24H30Cl2N2O3. The number of ether oxygens (including phenoxy) is 1. The molecule has 0 aliphatic rings. The van der Waals surface area contributed by atoms with Crippen molar-refractivity contribution in [2.75, 3.05) is 13.2 Å². The van der Waals surface area contributed by atoms with Gasteiger partial charge in [-0.2, -0.15) is 0 Å². The molecule has 2 amide bonds. The van der Waals surface area contributed by atoms with Gasteiger partial charge in [-0.05, 0) is 67.6 Å². The summed E-state index contributed by atoms with van der Waals surface area (Å²) in [6, 6.07) is 10.3. The molecular weight excluding hydrogens is 435 g/mol. The second-order valence-corrected chi connectivity index (χ2v) is 8.33. The summed E-state index contributed by atoms with van der Waals surface area (Å²) in [7, 11) is 0. The lowest BCUT2D eigenvalue weighted by Crippen LogP contribution is -2.50. The van der Waals surface area contributed by atoms with Crippen molar-refractivity contribution in [3.05, 3.63) is 63.1 Å². The molecule has 2 rings (SSSR count). The van der Waals surface area contributed by atoms with Crippen LogP contribution in [0.2, 0.25) is 10.0 Å². The van der Waals surface area contributed by atoms with Gasteiger partial charge in [0.05, 0.1) is 10.0 Å². The van der Waals surface area contributed by atoms with Gasteiger partial charge in [-0.25, -0.2) is 0 Å². The van der Waals surface area contributed by atoms with Gasteiger partial charge >= 0.3 is 0 Å². The highest BCUT2D eigenvalue weighted by molar-refractivity contribution is 6.42. The van der Waals surface area contributed by atoms with Crippen molar-refractivity contribution in [1.82, 2.24) is 10.2 Å². The average molecular weight is 465 g/mol. The molecule has 5 nitrogen and oxygen atoms in total. The molecule has 0 saturated carbocycles. The monoisotopic (exact) mass is 464 g/mol. The zero-order valence-electron chi connectivity index (χ0n) is 18.5. The SMILES string of the molecule is CCCNC(=O)[C@H](CC)N(Cc1ccc(Cl)c(Cl)c1)C(=O)COc1ccc(C)c(C)c1.